The van der Waals surface area contributed by atoms with E-state index in [1.165, 1.54) is 42.5 Å². The molecule has 8 aromatic heterocycles. The predicted octanol–water partition coefficient (Wildman–Crippen LogP) is 20.9. The first-order valence-electron chi connectivity index (χ1n) is 38.5. The van der Waals surface area contributed by atoms with Crippen LogP contribution in [0.3, 0.4) is 0 Å². The average molecular weight is 1590 g/mol. The molecule has 2 aliphatic heterocycles. The summed E-state index contributed by atoms with van der Waals surface area (Å²) in [6.07, 6.45) is 14.6. The zero-order chi connectivity index (χ0) is 82.0. The van der Waals surface area contributed by atoms with Crippen LogP contribution in [0.15, 0.2) is 243 Å². The molecule has 6 N–H and O–H groups in total. The first-order valence-corrected chi connectivity index (χ1v) is 38.5. The number of ether oxygens (including phenoxy) is 2. The van der Waals surface area contributed by atoms with Gasteiger partial charge in [-0.3, -0.25) is 34.3 Å². The molecule has 8 bridgehead atoms. The molecule has 0 radical (unpaired) electrons. The van der Waals surface area contributed by atoms with Crippen LogP contribution in [0.5, 0.6) is 11.5 Å². The Labute approximate surface area is 679 Å². The molecule has 0 atom stereocenters. The lowest BCUT2D eigenvalue weighted by Crippen LogP contribution is -2.28. The van der Waals surface area contributed by atoms with Gasteiger partial charge in [-0.05, 0) is 212 Å². The zero-order valence-electron chi connectivity index (χ0n) is 64.1. The Hall–Kier alpha value is -14.9. The van der Waals surface area contributed by atoms with Crippen LogP contribution < -0.4 is 30.7 Å². The van der Waals surface area contributed by atoms with E-state index >= 15 is 26.3 Å². The molecule has 0 unspecified atom stereocenters. The molecule has 0 fully saturated rings. The Morgan fingerprint density at radius 3 is 1.37 bits per heavy atom. The molecule has 10 heterocycles. The Balaban J connectivity index is 0.676. The number of hydrogen-bond acceptors (Lipinski definition) is 13. The van der Waals surface area contributed by atoms with Crippen LogP contribution in [0.2, 0.25) is 0 Å². The zero-order valence-corrected chi connectivity index (χ0v) is 64.1. The molecule has 2 aliphatic rings. The number of para-hydroxylation sites is 1. The number of H-pyrrole nitrogens is 2. The molecule has 24 heteroatoms. The normalized spacial score (nSPS) is 11.6. The first kappa shape index (κ1) is 78.0. The SMILES string of the molecule is CC(C)CNC(=O)c1ccc(NC(=O)c2ccc(-c3c4nc(c(-c5c(F)cccc5F)c5ccc([nH]5)c(-c5c(F)cccc5F)c5nc(c(-c6c(F)cccc6F)c6ccc3[nH]6)C=C5)C=C4)cc2)cc1OCCCNC(=O)c1cccc(-c2cc(-c3ccccn3)nc(-c3ccccn3)c2)c1OCCCCNc1ccc(-c2ccccn2)nc1. The summed E-state index contributed by atoms with van der Waals surface area (Å²) in [4.78, 5) is 82.7. The number of aromatic amines is 2. The van der Waals surface area contributed by atoms with Gasteiger partial charge in [-0.1, -0.05) is 74.5 Å². The number of anilines is 2. The van der Waals surface area contributed by atoms with Gasteiger partial charge in [0, 0.05) is 105 Å². The van der Waals surface area contributed by atoms with Gasteiger partial charge in [-0.2, -0.15) is 0 Å². The predicted molar refractivity (Wildman–Crippen MR) is 451 cm³/mol. The van der Waals surface area contributed by atoms with Crippen LogP contribution in [0, 0.1) is 40.8 Å². The fourth-order valence-electron chi connectivity index (χ4n) is 14.2. The third-order valence-electron chi connectivity index (χ3n) is 19.9. The van der Waals surface area contributed by atoms with E-state index in [4.69, 9.17) is 24.4 Å². The number of carbonyl (C=O) groups is 3. The van der Waals surface area contributed by atoms with Gasteiger partial charge in [0.2, 0.25) is 0 Å². The van der Waals surface area contributed by atoms with Crippen molar-refractivity contribution in [2.75, 3.05) is 43.5 Å². The number of carbonyl (C=O) groups excluding carboxylic acids is 3. The van der Waals surface area contributed by atoms with Crippen molar-refractivity contribution in [3.8, 4) is 101 Å². The molecule has 14 aromatic rings. The second-order valence-corrected chi connectivity index (χ2v) is 28.5. The maximum absolute atomic E-state index is 16.3. The lowest BCUT2D eigenvalue weighted by Gasteiger charge is -2.18. The summed E-state index contributed by atoms with van der Waals surface area (Å²) in [6.45, 7) is 5.33. The summed E-state index contributed by atoms with van der Waals surface area (Å²) in [7, 11) is 0. The standard InChI is InChI=1S/C95H73F6N13O5/c1-55(2)53-108-94(116)62-33-31-59(52-84(62)118-49-15-47-106-95(117)63-17-11-16-61(58-50-82(71-25-4-7-45-104-71)114-83(51-58)72-26-5-8-46-105-72)92(63)119-48-10-9-43-102-60-32-34-73(107-54-60)70-24-3-6-44-103-70)109-93(115)57-29-27-56(28-30-57)85-74-35-37-76(110-74)89(86-64(96)18-12-19-65(86)97)78-39-41-80(112-78)91(88-68(100)22-14-23-69(88)101)81-42-40-79(113-81)90(77-38-36-75(85)111-77)87-66(98)20-13-21-67(87)99/h3-8,11-14,16-42,44-46,50-52,54-55,102,110,113H,9-10,15,43,47-49,53H2,1-2H3,(H,106,117)(H,108,116)(H,109,115). The van der Waals surface area contributed by atoms with E-state index < -0.39 is 69.3 Å². The van der Waals surface area contributed by atoms with Crippen molar-refractivity contribution in [2.45, 2.75) is 33.1 Å². The van der Waals surface area contributed by atoms with Crippen molar-refractivity contribution in [1.82, 2.24) is 55.5 Å². The van der Waals surface area contributed by atoms with Crippen LogP contribution in [0.4, 0.5) is 37.7 Å². The van der Waals surface area contributed by atoms with Gasteiger partial charge in [-0.15, -0.1) is 0 Å². The monoisotopic (exact) mass is 1590 g/mol. The quantitative estimate of drug-likeness (QED) is 0.0219. The smallest absolute Gasteiger partial charge is 0.255 e. The van der Waals surface area contributed by atoms with E-state index in [1.807, 2.05) is 98.8 Å². The van der Waals surface area contributed by atoms with E-state index in [2.05, 4.69) is 51.2 Å². The van der Waals surface area contributed by atoms with E-state index in [0.717, 1.165) is 59.9 Å². The molecule has 3 amide bonds. The van der Waals surface area contributed by atoms with Crippen LogP contribution in [0.1, 0.15) is 87.0 Å². The minimum Gasteiger partial charge on any atom is -0.493 e. The third kappa shape index (κ3) is 17.1. The number of hydrogen-bond donors (Lipinski definition) is 6. The maximum atomic E-state index is 16.3. The van der Waals surface area contributed by atoms with Gasteiger partial charge < -0.3 is 40.7 Å². The number of pyridine rings is 5. The molecule has 0 saturated carbocycles. The van der Waals surface area contributed by atoms with E-state index in [-0.39, 0.29) is 116 Å². The summed E-state index contributed by atoms with van der Waals surface area (Å²) < 4.78 is 111. The van der Waals surface area contributed by atoms with Crippen molar-refractivity contribution in [3.05, 3.63) is 318 Å². The molecule has 0 saturated heterocycles. The highest BCUT2D eigenvalue weighted by Gasteiger charge is 2.28. The van der Waals surface area contributed by atoms with E-state index in [0.29, 0.717) is 75.8 Å². The summed E-state index contributed by atoms with van der Waals surface area (Å²) in [5, 5.41) is 12.4. The minimum atomic E-state index is -0.968. The maximum Gasteiger partial charge on any atom is 0.255 e. The molecule has 590 valence electrons. The Morgan fingerprint density at radius 1 is 0.387 bits per heavy atom. The molecule has 119 heavy (non-hydrogen) atoms. The average Bonchev–Trinajstić information content (AvgIpc) is 1.57. The van der Waals surface area contributed by atoms with Crippen LogP contribution in [0.25, 0.3) is 136 Å². The first-order chi connectivity index (χ1) is 58.0. The second-order valence-electron chi connectivity index (χ2n) is 28.5. The Bertz CT molecular complexity index is 6280. The fourth-order valence-corrected chi connectivity index (χ4v) is 14.2. The molecule has 0 spiro atoms. The number of fused-ring (bicyclic) bond motifs is 8. The minimum absolute atomic E-state index is 0.00239. The number of rotatable bonds is 26. The van der Waals surface area contributed by atoms with Gasteiger partial charge in [0.15, 0.2) is 0 Å². The second kappa shape index (κ2) is 35.0. The molecule has 16 rings (SSSR count). The van der Waals surface area contributed by atoms with Crippen molar-refractivity contribution >= 4 is 75.5 Å². The van der Waals surface area contributed by atoms with Crippen molar-refractivity contribution in [3.63, 3.8) is 0 Å². The largest absolute Gasteiger partial charge is 0.493 e. The van der Waals surface area contributed by atoms with Crippen LogP contribution in [-0.2, 0) is 0 Å². The Morgan fingerprint density at radius 2 is 0.866 bits per heavy atom. The highest BCUT2D eigenvalue weighted by atomic mass is 19.2. The molecular weight excluding hydrogens is 1520 g/mol. The number of unbranched alkanes of at least 4 members (excludes halogenated alkanes) is 1. The van der Waals surface area contributed by atoms with Gasteiger partial charge >= 0.3 is 0 Å². The van der Waals surface area contributed by atoms with E-state index in [9.17, 15) is 14.4 Å². The van der Waals surface area contributed by atoms with Gasteiger partial charge in [0.05, 0.1) is 110 Å². The molecule has 6 aromatic carbocycles. The molecular formula is C95H73F6N13O5. The number of halogens is 6. The van der Waals surface area contributed by atoms with Gasteiger partial charge in [0.25, 0.3) is 17.7 Å². The van der Waals surface area contributed by atoms with E-state index in [1.54, 1.807) is 104 Å². The number of benzene rings is 6. The van der Waals surface area contributed by atoms with Crippen molar-refractivity contribution in [2.24, 2.45) is 5.92 Å². The molecule has 0 aliphatic carbocycles. The molecule has 18 nitrogen and oxygen atoms in total. The topological polar surface area (TPSA) is 240 Å². The highest BCUT2D eigenvalue weighted by molar-refractivity contribution is 6.07. The van der Waals surface area contributed by atoms with Crippen molar-refractivity contribution in [1.29, 1.82) is 0 Å². The van der Waals surface area contributed by atoms with Crippen molar-refractivity contribution < 1.29 is 50.2 Å². The third-order valence-corrected chi connectivity index (χ3v) is 19.9. The highest BCUT2D eigenvalue weighted by Crippen LogP contribution is 2.43. The van der Waals surface area contributed by atoms with Crippen LogP contribution in [-0.4, -0.2) is 95.4 Å². The van der Waals surface area contributed by atoms with Gasteiger partial charge in [-0.25, -0.2) is 41.3 Å². The summed E-state index contributed by atoms with van der Waals surface area (Å²) in [6, 6.07) is 57.4. The number of amides is 3. The van der Waals surface area contributed by atoms with Gasteiger partial charge in [0.1, 0.15) is 46.4 Å². The summed E-state index contributed by atoms with van der Waals surface area (Å²) >= 11 is 0. The lowest BCUT2D eigenvalue weighted by molar-refractivity contribution is 0.0941. The summed E-state index contributed by atoms with van der Waals surface area (Å²) in [5.41, 5.74) is 7.22. The number of nitrogens with zero attached hydrogens (tertiary/aromatic N) is 7. The lowest BCUT2D eigenvalue weighted by atomic mass is 9.98. The van der Waals surface area contributed by atoms with Crippen LogP contribution >= 0.6 is 0 Å². The fraction of sp³-hybridized carbons (Fsp3) is 0.116. The number of nitrogens with one attached hydrogen (secondary N) is 6. The summed E-state index contributed by atoms with van der Waals surface area (Å²) in [5.74, 6) is -6.46. The number of aromatic nitrogens is 9. The Kier molecular flexibility index (Phi) is 23.0.